The van der Waals surface area contributed by atoms with E-state index in [4.69, 9.17) is 0 Å². The highest BCUT2D eigenvalue weighted by molar-refractivity contribution is 5.99. The molecule has 0 amide bonds. The molecule has 1 aliphatic heterocycles. The summed E-state index contributed by atoms with van der Waals surface area (Å²) in [6.45, 7) is 9.12. The maximum atomic E-state index is 12.6. The molecule has 1 aliphatic rings. The molecular weight excluding hydrogens is 250 g/mol. The highest BCUT2D eigenvalue weighted by Crippen LogP contribution is 2.22. The van der Waals surface area contributed by atoms with Crippen molar-refractivity contribution in [1.82, 2.24) is 4.90 Å². The fraction of sp³-hybridized carbons (Fsp3) is 0.588. The van der Waals surface area contributed by atoms with Gasteiger partial charge in [-0.05, 0) is 56.5 Å². The number of carbonyl (C=O) groups excluding carboxylic acids is 1. The van der Waals surface area contributed by atoms with Crippen molar-refractivity contribution in [1.29, 1.82) is 0 Å². The predicted octanol–water partition coefficient (Wildman–Crippen LogP) is 2.71. The molecule has 1 heterocycles. The summed E-state index contributed by atoms with van der Waals surface area (Å²) in [4.78, 5) is 15.0. The largest absolute Gasteiger partial charge is 0.392 e. The molecule has 3 heteroatoms. The van der Waals surface area contributed by atoms with Gasteiger partial charge in [0.2, 0.25) is 0 Å². The van der Waals surface area contributed by atoms with E-state index in [1.165, 1.54) is 12.8 Å². The average Bonchev–Trinajstić information content (AvgIpc) is 2.94. The van der Waals surface area contributed by atoms with E-state index in [9.17, 15) is 9.90 Å². The molecule has 1 saturated heterocycles. The molecule has 1 unspecified atom stereocenters. The third-order valence-electron chi connectivity index (χ3n) is 4.51. The van der Waals surface area contributed by atoms with Crippen LogP contribution in [0, 0.1) is 19.8 Å². The summed E-state index contributed by atoms with van der Waals surface area (Å²) in [5.41, 5.74) is 3.76. The summed E-state index contributed by atoms with van der Waals surface area (Å²) in [5.74, 6) is 0.258. The molecule has 0 spiro atoms. The molecule has 0 saturated carbocycles. The van der Waals surface area contributed by atoms with Crippen LogP contribution in [-0.4, -0.2) is 35.4 Å². The Labute approximate surface area is 121 Å². The van der Waals surface area contributed by atoms with Crippen LogP contribution in [0.25, 0.3) is 0 Å². The number of hydrogen-bond donors (Lipinski definition) is 1. The second-order valence-electron chi connectivity index (χ2n) is 5.95. The molecule has 1 aromatic carbocycles. The van der Waals surface area contributed by atoms with Gasteiger partial charge in [0.25, 0.3) is 0 Å². The Kier molecular flexibility index (Phi) is 4.95. The molecule has 1 fully saturated rings. The summed E-state index contributed by atoms with van der Waals surface area (Å²) in [5, 5.41) is 9.28. The van der Waals surface area contributed by atoms with Crippen molar-refractivity contribution in [2.45, 2.75) is 40.2 Å². The first-order valence-corrected chi connectivity index (χ1v) is 7.51. The standard InChI is InChI=1S/C17H25NO2/c1-12(10-18-8-4-5-9-18)17(20)16-7-6-15(11-19)13(2)14(16)3/h6-7,12,19H,4-5,8-11H2,1-3H3. The molecule has 1 aromatic rings. The molecule has 3 nitrogen and oxygen atoms in total. The molecule has 0 aromatic heterocycles. The van der Waals surface area contributed by atoms with Gasteiger partial charge in [-0.3, -0.25) is 4.79 Å². The second-order valence-corrected chi connectivity index (χ2v) is 5.95. The Balaban J connectivity index is 2.13. The molecular formula is C17H25NO2. The Morgan fingerprint density at radius 3 is 2.50 bits per heavy atom. The molecule has 20 heavy (non-hydrogen) atoms. The van der Waals surface area contributed by atoms with Crippen molar-refractivity contribution in [3.05, 3.63) is 34.4 Å². The van der Waals surface area contributed by atoms with E-state index in [1.54, 1.807) is 0 Å². The lowest BCUT2D eigenvalue weighted by molar-refractivity contribution is 0.0902. The van der Waals surface area contributed by atoms with Crippen molar-refractivity contribution in [2.75, 3.05) is 19.6 Å². The minimum absolute atomic E-state index is 0.0322. The Hall–Kier alpha value is -1.19. The van der Waals surface area contributed by atoms with Gasteiger partial charge in [0, 0.05) is 18.0 Å². The number of Topliss-reactive ketones (excluding diaryl/α,β-unsaturated/α-hetero) is 1. The first kappa shape index (κ1) is 15.2. The minimum atomic E-state index is 0.0322. The van der Waals surface area contributed by atoms with Gasteiger partial charge < -0.3 is 10.0 Å². The van der Waals surface area contributed by atoms with Crippen molar-refractivity contribution >= 4 is 5.78 Å². The Morgan fingerprint density at radius 1 is 1.25 bits per heavy atom. The van der Waals surface area contributed by atoms with Crippen LogP contribution >= 0.6 is 0 Å². The predicted molar refractivity (Wildman–Crippen MR) is 81.0 cm³/mol. The van der Waals surface area contributed by atoms with E-state index >= 15 is 0 Å². The quantitative estimate of drug-likeness (QED) is 0.840. The number of likely N-dealkylation sites (tertiary alicyclic amines) is 1. The Bertz CT molecular complexity index is 490. The van der Waals surface area contributed by atoms with Crippen LogP contribution in [-0.2, 0) is 6.61 Å². The SMILES string of the molecule is Cc1c(CO)ccc(C(=O)C(C)CN2CCCC2)c1C. The van der Waals surface area contributed by atoms with E-state index in [2.05, 4.69) is 4.90 Å². The monoisotopic (exact) mass is 275 g/mol. The van der Waals surface area contributed by atoms with Gasteiger partial charge in [-0.1, -0.05) is 19.1 Å². The highest BCUT2D eigenvalue weighted by atomic mass is 16.3. The maximum absolute atomic E-state index is 12.6. The molecule has 110 valence electrons. The van der Waals surface area contributed by atoms with Gasteiger partial charge in [-0.15, -0.1) is 0 Å². The highest BCUT2D eigenvalue weighted by Gasteiger charge is 2.22. The van der Waals surface area contributed by atoms with E-state index in [0.717, 1.165) is 41.9 Å². The topological polar surface area (TPSA) is 40.5 Å². The molecule has 2 rings (SSSR count). The van der Waals surface area contributed by atoms with E-state index in [-0.39, 0.29) is 18.3 Å². The third kappa shape index (κ3) is 3.10. The Morgan fingerprint density at radius 2 is 1.90 bits per heavy atom. The van der Waals surface area contributed by atoms with Crippen LogP contribution in [0.5, 0.6) is 0 Å². The van der Waals surface area contributed by atoms with Crippen molar-refractivity contribution in [3.63, 3.8) is 0 Å². The molecule has 0 aliphatic carbocycles. The first-order valence-electron chi connectivity index (χ1n) is 7.51. The van der Waals surface area contributed by atoms with Gasteiger partial charge in [-0.25, -0.2) is 0 Å². The zero-order chi connectivity index (χ0) is 14.7. The van der Waals surface area contributed by atoms with Gasteiger partial charge in [0.1, 0.15) is 0 Å². The van der Waals surface area contributed by atoms with Crippen LogP contribution in [0.4, 0.5) is 0 Å². The van der Waals surface area contributed by atoms with Crippen molar-refractivity contribution in [2.24, 2.45) is 5.92 Å². The number of aliphatic hydroxyl groups excluding tert-OH is 1. The average molecular weight is 275 g/mol. The molecule has 0 bridgehead atoms. The normalized spacial score (nSPS) is 17.4. The lowest BCUT2D eigenvalue weighted by atomic mass is 9.91. The number of benzene rings is 1. The fourth-order valence-corrected chi connectivity index (χ4v) is 3.02. The van der Waals surface area contributed by atoms with E-state index in [1.807, 2.05) is 32.9 Å². The lowest BCUT2D eigenvalue weighted by Gasteiger charge is -2.20. The van der Waals surface area contributed by atoms with Crippen molar-refractivity contribution < 1.29 is 9.90 Å². The summed E-state index contributed by atoms with van der Waals surface area (Å²) in [7, 11) is 0. The zero-order valence-corrected chi connectivity index (χ0v) is 12.8. The molecule has 1 N–H and O–H groups in total. The second kappa shape index (κ2) is 6.51. The number of nitrogens with zero attached hydrogens (tertiary/aromatic N) is 1. The van der Waals surface area contributed by atoms with Crippen molar-refractivity contribution in [3.8, 4) is 0 Å². The van der Waals surface area contributed by atoms with Gasteiger partial charge in [0.15, 0.2) is 5.78 Å². The number of carbonyl (C=O) groups is 1. The number of ketones is 1. The van der Waals surface area contributed by atoms with Crippen LogP contribution < -0.4 is 0 Å². The number of hydrogen-bond acceptors (Lipinski definition) is 3. The van der Waals surface area contributed by atoms with E-state index < -0.39 is 0 Å². The number of aliphatic hydroxyl groups is 1. The smallest absolute Gasteiger partial charge is 0.167 e. The fourth-order valence-electron chi connectivity index (χ4n) is 3.02. The minimum Gasteiger partial charge on any atom is -0.392 e. The summed E-state index contributed by atoms with van der Waals surface area (Å²) in [6, 6.07) is 3.74. The van der Waals surface area contributed by atoms with E-state index in [0.29, 0.717) is 0 Å². The van der Waals surface area contributed by atoms with Crippen LogP contribution in [0.3, 0.4) is 0 Å². The van der Waals surface area contributed by atoms with Gasteiger partial charge in [-0.2, -0.15) is 0 Å². The van der Waals surface area contributed by atoms with Gasteiger partial charge >= 0.3 is 0 Å². The summed E-state index contributed by atoms with van der Waals surface area (Å²) in [6.07, 6.45) is 2.51. The summed E-state index contributed by atoms with van der Waals surface area (Å²) < 4.78 is 0. The van der Waals surface area contributed by atoms with Gasteiger partial charge in [0.05, 0.1) is 6.61 Å². The van der Waals surface area contributed by atoms with Crippen LogP contribution in [0.15, 0.2) is 12.1 Å². The summed E-state index contributed by atoms with van der Waals surface area (Å²) >= 11 is 0. The zero-order valence-electron chi connectivity index (χ0n) is 12.8. The molecule has 1 atom stereocenters. The van der Waals surface area contributed by atoms with Crippen LogP contribution in [0.1, 0.15) is 46.8 Å². The maximum Gasteiger partial charge on any atom is 0.167 e. The number of rotatable bonds is 5. The molecule has 0 radical (unpaired) electrons. The third-order valence-corrected chi connectivity index (χ3v) is 4.51. The van der Waals surface area contributed by atoms with Crippen LogP contribution in [0.2, 0.25) is 0 Å². The lowest BCUT2D eigenvalue weighted by Crippen LogP contribution is -2.30. The first-order chi connectivity index (χ1) is 9.54.